The average molecular weight is 268 g/mol. The molecule has 0 aromatic carbocycles. The fourth-order valence-electron chi connectivity index (χ4n) is 1.73. The maximum absolute atomic E-state index is 12.0. The molecule has 8 nitrogen and oxygen atoms in total. The van der Waals surface area contributed by atoms with Gasteiger partial charge in [0.1, 0.15) is 6.04 Å². The summed E-state index contributed by atoms with van der Waals surface area (Å²) in [5.74, 6) is -2.70. The summed E-state index contributed by atoms with van der Waals surface area (Å²) in [5, 5.41) is 15.2. The number of hydrogen-bond donors (Lipinski definition) is 3. The van der Waals surface area contributed by atoms with Crippen molar-refractivity contribution in [3.8, 4) is 0 Å². The smallest absolute Gasteiger partial charge is 0.326 e. The van der Waals surface area contributed by atoms with E-state index in [1.807, 2.05) is 0 Å². The Hall–Kier alpha value is -2.38. The molecule has 1 aromatic heterocycles. The second kappa shape index (κ2) is 5.51. The summed E-state index contributed by atoms with van der Waals surface area (Å²) in [6, 6.07) is -1.34. The Labute approximate surface area is 109 Å². The molecule has 2 amide bonds. The molecule has 4 N–H and O–H groups in total. The van der Waals surface area contributed by atoms with Crippen LogP contribution in [0.3, 0.4) is 0 Å². The highest BCUT2D eigenvalue weighted by atomic mass is 16.4. The van der Waals surface area contributed by atoms with Gasteiger partial charge in [0.05, 0.1) is 17.7 Å². The molecule has 0 saturated heterocycles. The van der Waals surface area contributed by atoms with Crippen LogP contribution in [0.2, 0.25) is 0 Å². The molecule has 0 saturated carbocycles. The lowest BCUT2D eigenvalue weighted by Gasteiger charge is -2.12. The Balaban J connectivity index is 2.94. The number of nitrogens with two attached hydrogens (primary N) is 1. The summed E-state index contributed by atoms with van der Waals surface area (Å²) >= 11 is 0. The van der Waals surface area contributed by atoms with Gasteiger partial charge in [-0.3, -0.25) is 14.3 Å². The second-order valence-electron chi connectivity index (χ2n) is 4.20. The molecular formula is C11H16N4O4. The summed E-state index contributed by atoms with van der Waals surface area (Å²) in [6.45, 7) is 3.34. The summed E-state index contributed by atoms with van der Waals surface area (Å²) in [7, 11) is 1.68. The van der Waals surface area contributed by atoms with Gasteiger partial charge < -0.3 is 16.2 Å². The second-order valence-corrected chi connectivity index (χ2v) is 4.20. The van der Waals surface area contributed by atoms with Crippen LogP contribution in [0, 0.1) is 13.8 Å². The Morgan fingerprint density at radius 1 is 1.42 bits per heavy atom. The molecule has 0 radical (unpaired) electrons. The normalized spacial score (nSPS) is 11.9. The van der Waals surface area contributed by atoms with Gasteiger partial charge in [-0.15, -0.1) is 0 Å². The molecule has 1 heterocycles. The third-order valence-corrected chi connectivity index (χ3v) is 2.74. The zero-order valence-corrected chi connectivity index (χ0v) is 10.9. The number of hydrogen-bond acceptors (Lipinski definition) is 4. The minimum absolute atomic E-state index is 0.304. The number of nitrogens with zero attached hydrogens (tertiary/aromatic N) is 2. The van der Waals surface area contributed by atoms with Crippen molar-refractivity contribution in [1.82, 2.24) is 15.1 Å². The first-order valence-corrected chi connectivity index (χ1v) is 5.56. The van der Waals surface area contributed by atoms with Gasteiger partial charge >= 0.3 is 5.97 Å². The molecule has 0 spiro atoms. The van der Waals surface area contributed by atoms with Gasteiger partial charge in [0.25, 0.3) is 5.91 Å². The summed E-state index contributed by atoms with van der Waals surface area (Å²) < 4.78 is 1.52. The number of carbonyl (C=O) groups is 3. The molecule has 0 aliphatic carbocycles. The van der Waals surface area contributed by atoms with Crippen LogP contribution in [0.25, 0.3) is 0 Å². The zero-order chi connectivity index (χ0) is 14.7. The average Bonchev–Trinajstić information content (AvgIpc) is 2.51. The Morgan fingerprint density at radius 2 is 2.00 bits per heavy atom. The van der Waals surface area contributed by atoms with Gasteiger partial charge in [0.2, 0.25) is 5.91 Å². The van der Waals surface area contributed by atoms with Crippen molar-refractivity contribution in [3.05, 3.63) is 17.0 Å². The van der Waals surface area contributed by atoms with Crippen molar-refractivity contribution in [2.24, 2.45) is 12.8 Å². The van der Waals surface area contributed by atoms with E-state index < -0.39 is 30.2 Å². The van der Waals surface area contributed by atoms with Crippen molar-refractivity contribution >= 4 is 17.8 Å². The molecule has 0 fully saturated rings. The van der Waals surface area contributed by atoms with Gasteiger partial charge in [-0.1, -0.05) is 0 Å². The number of carboxylic acids is 1. The minimum Gasteiger partial charge on any atom is -0.480 e. The van der Waals surface area contributed by atoms with Crippen LogP contribution >= 0.6 is 0 Å². The number of carbonyl (C=O) groups excluding carboxylic acids is 2. The van der Waals surface area contributed by atoms with Crippen molar-refractivity contribution in [3.63, 3.8) is 0 Å². The number of nitrogens with one attached hydrogen (secondary N) is 1. The zero-order valence-electron chi connectivity index (χ0n) is 10.9. The lowest BCUT2D eigenvalue weighted by molar-refractivity contribution is -0.140. The standard InChI is InChI=1S/C11H16N4O4/c1-5-9(6(2)15(3)14-5)10(17)13-7(11(18)19)4-8(12)16/h7H,4H2,1-3H3,(H2,12,16)(H,13,17)(H,18,19)/t7-/m0/s1. The molecule has 1 aromatic rings. The van der Waals surface area contributed by atoms with E-state index in [1.54, 1.807) is 20.9 Å². The number of amides is 2. The van der Waals surface area contributed by atoms with E-state index in [1.165, 1.54) is 4.68 Å². The highest BCUT2D eigenvalue weighted by molar-refractivity contribution is 5.99. The van der Waals surface area contributed by atoms with E-state index >= 15 is 0 Å². The highest BCUT2D eigenvalue weighted by Crippen LogP contribution is 2.12. The quantitative estimate of drug-likeness (QED) is 0.637. The Morgan fingerprint density at radius 3 is 2.37 bits per heavy atom. The lowest BCUT2D eigenvalue weighted by Crippen LogP contribution is -2.43. The largest absolute Gasteiger partial charge is 0.480 e. The van der Waals surface area contributed by atoms with E-state index in [2.05, 4.69) is 10.4 Å². The van der Waals surface area contributed by atoms with E-state index in [-0.39, 0.29) is 0 Å². The molecule has 0 unspecified atom stereocenters. The maximum atomic E-state index is 12.0. The van der Waals surface area contributed by atoms with Crippen LogP contribution in [-0.4, -0.2) is 38.7 Å². The fraction of sp³-hybridized carbons (Fsp3) is 0.455. The maximum Gasteiger partial charge on any atom is 0.326 e. The first kappa shape index (κ1) is 14.7. The van der Waals surface area contributed by atoms with E-state index in [0.717, 1.165) is 0 Å². The van der Waals surface area contributed by atoms with Crippen LogP contribution in [0.1, 0.15) is 28.2 Å². The SMILES string of the molecule is Cc1nn(C)c(C)c1C(=O)N[C@@H](CC(N)=O)C(=O)O. The van der Waals surface area contributed by atoms with Crippen molar-refractivity contribution in [2.45, 2.75) is 26.3 Å². The van der Waals surface area contributed by atoms with Crippen LogP contribution in [0.15, 0.2) is 0 Å². The molecule has 0 aliphatic rings. The third-order valence-electron chi connectivity index (χ3n) is 2.74. The predicted molar refractivity (Wildman–Crippen MR) is 65.4 cm³/mol. The molecule has 104 valence electrons. The van der Waals surface area contributed by atoms with Crippen molar-refractivity contribution in [2.75, 3.05) is 0 Å². The summed E-state index contributed by atoms with van der Waals surface area (Å²) in [5.41, 5.74) is 6.34. The van der Waals surface area contributed by atoms with Crippen LogP contribution in [-0.2, 0) is 16.6 Å². The third kappa shape index (κ3) is 3.30. The monoisotopic (exact) mass is 268 g/mol. The first-order chi connectivity index (χ1) is 8.73. The molecule has 1 atom stereocenters. The van der Waals surface area contributed by atoms with Gasteiger partial charge in [-0.25, -0.2) is 4.79 Å². The van der Waals surface area contributed by atoms with Gasteiger partial charge in [0, 0.05) is 12.7 Å². The van der Waals surface area contributed by atoms with Gasteiger partial charge in [-0.2, -0.15) is 5.10 Å². The molecule has 0 bridgehead atoms. The van der Waals surface area contributed by atoms with Crippen LogP contribution < -0.4 is 11.1 Å². The Bertz CT molecular complexity index is 535. The summed E-state index contributed by atoms with van der Waals surface area (Å²) in [6.07, 6.45) is -0.459. The number of rotatable bonds is 5. The molecular weight excluding hydrogens is 252 g/mol. The van der Waals surface area contributed by atoms with Crippen LogP contribution in [0.4, 0.5) is 0 Å². The Kier molecular flexibility index (Phi) is 4.26. The number of aliphatic carboxylic acids is 1. The fourth-order valence-corrected chi connectivity index (χ4v) is 1.73. The number of primary amides is 1. The topological polar surface area (TPSA) is 127 Å². The van der Waals surface area contributed by atoms with E-state index in [4.69, 9.17) is 10.8 Å². The molecule has 0 aliphatic heterocycles. The number of aromatic nitrogens is 2. The minimum atomic E-state index is -1.34. The van der Waals surface area contributed by atoms with E-state index in [0.29, 0.717) is 17.0 Å². The highest BCUT2D eigenvalue weighted by Gasteiger charge is 2.25. The van der Waals surface area contributed by atoms with Crippen LogP contribution in [0.5, 0.6) is 0 Å². The van der Waals surface area contributed by atoms with Gasteiger partial charge in [-0.05, 0) is 13.8 Å². The molecule has 1 rings (SSSR count). The molecule has 8 heteroatoms. The number of aryl methyl sites for hydroxylation is 2. The summed E-state index contributed by atoms with van der Waals surface area (Å²) in [4.78, 5) is 33.7. The predicted octanol–water partition coefficient (Wildman–Crippen LogP) is -0.905. The van der Waals surface area contributed by atoms with Crippen molar-refractivity contribution < 1.29 is 19.5 Å². The number of carboxylic acid groups (broad SMARTS) is 1. The first-order valence-electron chi connectivity index (χ1n) is 5.56. The van der Waals surface area contributed by atoms with Gasteiger partial charge in [0.15, 0.2) is 0 Å². The van der Waals surface area contributed by atoms with Crippen molar-refractivity contribution in [1.29, 1.82) is 0 Å². The van der Waals surface area contributed by atoms with E-state index in [9.17, 15) is 14.4 Å². The molecule has 19 heavy (non-hydrogen) atoms. The lowest BCUT2D eigenvalue weighted by atomic mass is 10.1.